The normalized spacial score (nSPS) is 11.5. The second-order valence-corrected chi connectivity index (χ2v) is 10.3. The van der Waals surface area contributed by atoms with Crippen LogP contribution in [-0.4, -0.2) is 9.13 Å². The molecular formula is C38H26N2. The first-order valence-corrected chi connectivity index (χ1v) is 13.7. The van der Waals surface area contributed by atoms with Crippen LogP contribution in [0.2, 0.25) is 0 Å². The van der Waals surface area contributed by atoms with Crippen LogP contribution in [0.3, 0.4) is 0 Å². The van der Waals surface area contributed by atoms with Gasteiger partial charge in [-0.15, -0.1) is 0 Å². The quantitative estimate of drug-likeness (QED) is 0.223. The van der Waals surface area contributed by atoms with E-state index < -0.39 is 0 Å². The maximum atomic E-state index is 2.38. The van der Waals surface area contributed by atoms with Gasteiger partial charge < -0.3 is 9.13 Å². The Hall–Kier alpha value is -5.34. The van der Waals surface area contributed by atoms with Gasteiger partial charge in [-0.2, -0.15) is 0 Å². The van der Waals surface area contributed by atoms with E-state index in [1.54, 1.807) is 0 Å². The van der Waals surface area contributed by atoms with E-state index in [-0.39, 0.29) is 0 Å². The van der Waals surface area contributed by atoms with Gasteiger partial charge in [-0.05, 0) is 65.2 Å². The Bertz CT molecular complexity index is 2070. The predicted molar refractivity (Wildman–Crippen MR) is 168 cm³/mol. The van der Waals surface area contributed by atoms with Gasteiger partial charge >= 0.3 is 0 Å². The van der Waals surface area contributed by atoms with Crippen molar-refractivity contribution in [1.29, 1.82) is 0 Å². The van der Waals surface area contributed by atoms with Crippen LogP contribution in [0.1, 0.15) is 0 Å². The molecule has 188 valence electrons. The summed E-state index contributed by atoms with van der Waals surface area (Å²) >= 11 is 0. The SMILES string of the molecule is c1ccc(-c2ccc(-c3cc4ccccc4n3-c3ccc(-n4c5ccccc5c5ccccc54)cc3)cc2)cc1. The maximum absolute atomic E-state index is 2.38. The lowest BCUT2D eigenvalue weighted by Crippen LogP contribution is -1.99. The van der Waals surface area contributed by atoms with E-state index in [1.165, 1.54) is 55.1 Å². The largest absolute Gasteiger partial charge is 0.309 e. The molecule has 6 aromatic carbocycles. The number of rotatable bonds is 4. The molecule has 2 heterocycles. The molecule has 0 fully saturated rings. The van der Waals surface area contributed by atoms with Crippen LogP contribution in [0.4, 0.5) is 0 Å². The lowest BCUT2D eigenvalue weighted by atomic mass is 10.0. The number of nitrogens with zero attached hydrogens (tertiary/aromatic N) is 2. The van der Waals surface area contributed by atoms with Crippen LogP contribution >= 0.6 is 0 Å². The van der Waals surface area contributed by atoms with Crippen LogP contribution < -0.4 is 0 Å². The van der Waals surface area contributed by atoms with Crippen molar-refractivity contribution in [3.63, 3.8) is 0 Å². The molecule has 0 amide bonds. The highest BCUT2D eigenvalue weighted by Gasteiger charge is 2.15. The summed E-state index contributed by atoms with van der Waals surface area (Å²) in [5.41, 5.74) is 10.8. The molecule has 0 saturated heterocycles. The Labute approximate surface area is 233 Å². The Morgan fingerprint density at radius 2 is 0.800 bits per heavy atom. The third kappa shape index (κ3) is 3.58. The number of aromatic nitrogens is 2. The Balaban J connectivity index is 1.26. The van der Waals surface area contributed by atoms with Gasteiger partial charge in [-0.1, -0.05) is 109 Å². The molecule has 8 aromatic rings. The Kier molecular flexibility index (Phi) is 5.17. The highest BCUT2D eigenvalue weighted by molar-refractivity contribution is 6.09. The van der Waals surface area contributed by atoms with E-state index in [9.17, 15) is 0 Å². The molecule has 8 rings (SSSR count). The average molecular weight is 511 g/mol. The second kappa shape index (κ2) is 9.14. The molecule has 0 aliphatic rings. The minimum Gasteiger partial charge on any atom is -0.309 e. The van der Waals surface area contributed by atoms with E-state index in [1.807, 2.05) is 0 Å². The fourth-order valence-corrected chi connectivity index (χ4v) is 6.06. The van der Waals surface area contributed by atoms with Crippen LogP contribution in [0, 0.1) is 0 Å². The van der Waals surface area contributed by atoms with Gasteiger partial charge in [0.1, 0.15) is 0 Å². The molecule has 0 unspecified atom stereocenters. The topological polar surface area (TPSA) is 9.86 Å². The van der Waals surface area contributed by atoms with Gasteiger partial charge in [-0.3, -0.25) is 0 Å². The zero-order chi connectivity index (χ0) is 26.5. The standard InChI is InChI=1S/C38H26N2/c1-2-10-27(11-3-1)28-18-20-29(21-19-28)38-26-30-12-4-7-15-35(30)39(38)31-22-24-32(25-23-31)40-36-16-8-5-13-33(36)34-14-6-9-17-37(34)40/h1-26H. The molecule has 0 spiro atoms. The third-order valence-electron chi connectivity index (χ3n) is 7.94. The fraction of sp³-hybridized carbons (Fsp3) is 0. The van der Waals surface area contributed by atoms with Crippen molar-refractivity contribution in [3.8, 4) is 33.8 Å². The van der Waals surface area contributed by atoms with Crippen LogP contribution in [0.25, 0.3) is 66.5 Å². The molecule has 2 heteroatoms. The lowest BCUT2D eigenvalue weighted by molar-refractivity contribution is 1.12. The molecule has 40 heavy (non-hydrogen) atoms. The number of fused-ring (bicyclic) bond motifs is 4. The van der Waals surface area contributed by atoms with Crippen molar-refractivity contribution < 1.29 is 0 Å². The van der Waals surface area contributed by atoms with E-state index >= 15 is 0 Å². The fourth-order valence-electron chi connectivity index (χ4n) is 6.06. The maximum Gasteiger partial charge on any atom is 0.0541 e. The van der Waals surface area contributed by atoms with Crippen molar-refractivity contribution in [1.82, 2.24) is 9.13 Å². The Morgan fingerprint density at radius 3 is 1.45 bits per heavy atom. The summed E-state index contributed by atoms with van der Waals surface area (Å²) in [4.78, 5) is 0. The first-order valence-electron chi connectivity index (χ1n) is 13.7. The average Bonchev–Trinajstić information content (AvgIpc) is 3.58. The zero-order valence-corrected chi connectivity index (χ0v) is 21.9. The zero-order valence-electron chi connectivity index (χ0n) is 21.9. The van der Waals surface area contributed by atoms with E-state index in [0.29, 0.717) is 0 Å². The lowest BCUT2D eigenvalue weighted by Gasteiger charge is -2.14. The smallest absolute Gasteiger partial charge is 0.0541 e. The van der Waals surface area contributed by atoms with Crippen LogP contribution in [-0.2, 0) is 0 Å². The minimum absolute atomic E-state index is 1.15. The number of hydrogen-bond acceptors (Lipinski definition) is 0. The summed E-state index contributed by atoms with van der Waals surface area (Å²) < 4.78 is 4.74. The van der Waals surface area contributed by atoms with Crippen molar-refractivity contribution in [2.24, 2.45) is 0 Å². The number of para-hydroxylation sites is 3. The van der Waals surface area contributed by atoms with E-state index in [0.717, 1.165) is 11.4 Å². The van der Waals surface area contributed by atoms with Gasteiger partial charge in [-0.25, -0.2) is 0 Å². The van der Waals surface area contributed by atoms with E-state index in [4.69, 9.17) is 0 Å². The molecule has 0 aliphatic carbocycles. The van der Waals surface area contributed by atoms with Crippen molar-refractivity contribution in [2.45, 2.75) is 0 Å². The van der Waals surface area contributed by atoms with Gasteiger partial charge in [0.05, 0.1) is 22.2 Å². The molecule has 0 aliphatic heterocycles. The summed E-state index contributed by atoms with van der Waals surface area (Å²) in [5, 5.41) is 3.79. The van der Waals surface area contributed by atoms with E-state index in [2.05, 4.69) is 167 Å². The summed E-state index contributed by atoms with van der Waals surface area (Å²) in [6, 6.07) is 56.7. The summed E-state index contributed by atoms with van der Waals surface area (Å²) in [7, 11) is 0. The molecule has 0 atom stereocenters. The van der Waals surface area contributed by atoms with Gasteiger partial charge in [0, 0.05) is 27.5 Å². The monoisotopic (exact) mass is 510 g/mol. The predicted octanol–water partition coefficient (Wildman–Crippen LogP) is 10.1. The highest BCUT2D eigenvalue weighted by Crippen LogP contribution is 2.35. The molecule has 0 bridgehead atoms. The molecule has 0 saturated carbocycles. The third-order valence-corrected chi connectivity index (χ3v) is 7.94. The molecular weight excluding hydrogens is 484 g/mol. The van der Waals surface area contributed by atoms with Crippen molar-refractivity contribution in [3.05, 3.63) is 158 Å². The summed E-state index contributed by atoms with van der Waals surface area (Å²) in [6.45, 7) is 0. The van der Waals surface area contributed by atoms with Crippen LogP contribution in [0.5, 0.6) is 0 Å². The second-order valence-electron chi connectivity index (χ2n) is 10.3. The van der Waals surface area contributed by atoms with Gasteiger partial charge in [0.2, 0.25) is 0 Å². The Morgan fingerprint density at radius 1 is 0.325 bits per heavy atom. The van der Waals surface area contributed by atoms with Crippen molar-refractivity contribution in [2.75, 3.05) is 0 Å². The summed E-state index contributed by atoms with van der Waals surface area (Å²) in [5.74, 6) is 0. The molecule has 2 nitrogen and oxygen atoms in total. The first kappa shape index (κ1) is 22.6. The molecule has 0 N–H and O–H groups in total. The minimum atomic E-state index is 1.15. The highest BCUT2D eigenvalue weighted by atomic mass is 15.0. The number of benzene rings is 6. The summed E-state index contributed by atoms with van der Waals surface area (Å²) in [6.07, 6.45) is 0. The first-order chi connectivity index (χ1) is 19.8. The van der Waals surface area contributed by atoms with Crippen molar-refractivity contribution >= 4 is 32.7 Å². The molecule has 2 aromatic heterocycles. The number of hydrogen-bond donors (Lipinski definition) is 0. The van der Waals surface area contributed by atoms with Gasteiger partial charge in [0.25, 0.3) is 0 Å². The molecule has 0 radical (unpaired) electrons. The van der Waals surface area contributed by atoms with Gasteiger partial charge in [0.15, 0.2) is 0 Å². The van der Waals surface area contributed by atoms with Crippen LogP contribution in [0.15, 0.2) is 158 Å².